The molecule has 0 atom stereocenters. The van der Waals surface area contributed by atoms with Gasteiger partial charge in [0.2, 0.25) is 0 Å². The summed E-state index contributed by atoms with van der Waals surface area (Å²) in [4.78, 5) is 0.365. The van der Waals surface area contributed by atoms with E-state index in [1.807, 2.05) is 37.3 Å². The number of benzene rings is 2. The lowest BCUT2D eigenvalue weighted by molar-refractivity contribution is 1.41. The molecule has 0 saturated carbocycles. The second kappa shape index (κ2) is 6.03. The number of anilines is 2. The minimum atomic E-state index is 0.365. The Balaban J connectivity index is 2.44. The van der Waals surface area contributed by atoms with Crippen LogP contribution < -0.4 is 11.1 Å². The van der Waals surface area contributed by atoms with Gasteiger partial charge in [0.25, 0.3) is 0 Å². The Labute approximate surface area is 134 Å². The molecule has 0 spiro atoms. The molecule has 0 aliphatic carbocycles. The van der Waals surface area contributed by atoms with Crippen LogP contribution >= 0.6 is 44.1 Å². The molecule has 3 N–H and O–H groups in total. The van der Waals surface area contributed by atoms with Gasteiger partial charge in [0.1, 0.15) is 4.99 Å². The number of aryl methyl sites for hydroxylation is 1. The Morgan fingerprint density at radius 2 is 1.89 bits per heavy atom. The van der Waals surface area contributed by atoms with E-state index in [1.165, 1.54) is 0 Å². The summed E-state index contributed by atoms with van der Waals surface area (Å²) >= 11 is 12.0. The molecular weight excluding hydrogens is 388 g/mol. The fourth-order valence-corrected chi connectivity index (χ4v) is 3.20. The quantitative estimate of drug-likeness (QED) is 0.721. The number of hydrogen-bond donors (Lipinski definition) is 2. The summed E-state index contributed by atoms with van der Waals surface area (Å²) in [5.74, 6) is 0. The molecule has 0 aromatic heterocycles. The van der Waals surface area contributed by atoms with Crippen molar-refractivity contribution in [2.24, 2.45) is 5.73 Å². The molecule has 2 aromatic carbocycles. The van der Waals surface area contributed by atoms with Crippen LogP contribution in [0.2, 0.25) is 0 Å². The molecule has 0 aliphatic heterocycles. The normalized spacial score (nSPS) is 10.3. The van der Waals surface area contributed by atoms with Gasteiger partial charge in [0, 0.05) is 25.9 Å². The summed E-state index contributed by atoms with van der Waals surface area (Å²) in [6, 6.07) is 11.9. The highest BCUT2D eigenvalue weighted by Gasteiger charge is 2.10. The van der Waals surface area contributed by atoms with Crippen LogP contribution in [0.1, 0.15) is 11.1 Å². The third kappa shape index (κ3) is 3.35. The third-order valence-corrected chi connectivity index (χ3v) is 4.08. The molecular formula is C14H12Br2N2S. The summed E-state index contributed by atoms with van der Waals surface area (Å²) in [5.41, 5.74) is 9.67. The summed E-state index contributed by atoms with van der Waals surface area (Å²) in [5, 5.41) is 3.37. The zero-order chi connectivity index (χ0) is 14.0. The van der Waals surface area contributed by atoms with Crippen molar-refractivity contribution in [1.82, 2.24) is 0 Å². The maximum absolute atomic E-state index is 5.79. The van der Waals surface area contributed by atoms with Crippen molar-refractivity contribution in [1.29, 1.82) is 0 Å². The van der Waals surface area contributed by atoms with Gasteiger partial charge in [-0.3, -0.25) is 0 Å². The van der Waals surface area contributed by atoms with E-state index in [0.29, 0.717) is 4.99 Å². The van der Waals surface area contributed by atoms with Crippen LogP contribution in [0.25, 0.3) is 0 Å². The van der Waals surface area contributed by atoms with Gasteiger partial charge in [-0.25, -0.2) is 0 Å². The van der Waals surface area contributed by atoms with Crippen molar-refractivity contribution in [2.45, 2.75) is 6.92 Å². The van der Waals surface area contributed by atoms with Crippen LogP contribution in [0.3, 0.4) is 0 Å². The lowest BCUT2D eigenvalue weighted by atomic mass is 10.1. The average molecular weight is 400 g/mol. The van der Waals surface area contributed by atoms with Crippen LogP contribution in [0, 0.1) is 6.92 Å². The predicted molar refractivity (Wildman–Crippen MR) is 92.2 cm³/mol. The van der Waals surface area contributed by atoms with Crippen molar-refractivity contribution in [3.63, 3.8) is 0 Å². The van der Waals surface area contributed by atoms with E-state index in [0.717, 1.165) is 31.4 Å². The van der Waals surface area contributed by atoms with Crippen molar-refractivity contribution in [3.8, 4) is 0 Å². The smallest absolute Gasteiger partial charge is 0.107 e. The maximum Gasteiger partial charge on any atom is 0.107 e. The molecule has 98 valence electrons. The number of rotatable bonds is 3. The first kappa shape index (κ1) is 14.5. The minimum Gasteiger partial charge on any atom is -0.389 e. The van der Waals surface area contributed by atoms with Crippen LogP contribution in [0.15, 0.2) is 45.3 Å². The molecule has 0 bridgehead atoms. The van der Waals surface area contributed by atoms with Gasteiger partial charge >= 0.3 is 0 Å². The minimum absolute atomic E-state index is 0.365. The Bertz CT molecular complexity index is 641. The largest absolute Gasteiger partial charge is 0.389 e. The summed E-state index contributed by atoms with van der Waals surface area (Å²) in [6.07, 6.45) is 0. The lowest BCUT2D eigenvalue weighted by Crippen LogP contribution is -2.13. The van der Waals surface area contributed by atoms with Crippen LogP contribution in [-0.2, 0) is 0 Å². The SMILES string of the molecule is Cc1cc(Br)ccc1Nc1cccc(Br)c1C(N)=S. The van der Waals surface area contributed by atoms with Gasteiger partial charge in [-0.1, -0.05) is 34.2 Å². The molecule has 0 unspecified atom stereocenters. The van der Waals surface area contributed by atoms with Gasteiger partial charge in [-0.15, -0.1) is 0 Å². The Morgan fingerprint density at radius 1 is 1.16 bits per heavy atom. The number of thiocarbonyl (C=S) groups is 1. The highest BCUT2D eigenvalue weighted by molar-refractivity contribution is 9.10. The van der Waals surface area contributed by atoms with Gasteiger partial charge < -0.3 is 11.1 Å². The van der Waals surface area contributed by atoms with Gasteiger partial charge in [-0.2, -0.15) is 0 Å². The Morgan fingerprint density at radius 3 is 2.53 bits per heavy atom. The fraction of sp³-hybridized carbons (Fsp3) is 0.0714. The predicted octanol–water partition coefficient (Wildman–Crippen LogP) is 4.90. The van der Waals surface area contributed by atoms with E-state index in [2.05, 4.69) is 43.2 Å². The van der Waals surface area contributed by atoms with E-state index in [9.17, 15) is 0 Å². The van der Waals surface area contributed by atoms with E-state index < -0.39 is 0 Å². The van der Waals surface area contributed by atoms with Crippen molar-refractivity contribution in [2.75, 3.05) is 5.32 Å². The average Bonchev–Trinajstić information content (AvgIpc) is 2.32. The van der Waals surface area contributed by atoms with Crippen molar-refractivity contribution >= 4 is 60.4 Å². The molecule has 0 fully saturated rings. The summed E-state index contributed by atoms with van der Waals surface area (Å²) < 4.78 is 1.94. The number of nitrogens with one attached hydrogen (secondary N) is 1. The topological polar surface area (TPSA) is 38.0 Å². The standard InChI is InChI=1S/C14H12Br2N2S/c1-8-7-9(15)5-6-11(8)18-12-4-2-3-10(16)13(12)14(17)19/h2-7,18H,1H3,(H2,17,19). The van der Waals surface area contributed by atoms with Crippen molar-refractivity contribution < 1.29 is 0 Å². The number of halogens is 2. The Kier molecular flexibility index (Phi) is 4.60. The second-order valence-corrected chi connectivity index (χ2v) is 6.32. The monoisotopic (exact) mass is 398 g/mol. The lowest BCUT2D eigenvalue weighted by Gasteiger charge is -2.14. The highest BCUT2D eigenvalue weighted by atomic mass is 79.9. The molecule has 5 heteroatoms. The molecule has 2 rings (SSSR count). The van der Waals surface area contributed by atoms with E-state index in [1.54, 1.807) is 0 Å². The molecule has 2 nitrogen and oxygen atoms in total. The molecule has 0 saturated heterocycles. The number of hydrogen-bond acceptors (Lipinski definition) is 2. The van der Waals surface area contributed by atoms with Crippen LogP contribution in [-0.4, -0.2) is 4.99 Å². The second-order valence-electron chi connectivity index (χ2n) is 4.11. The first-order chi connectivity index (χ1) is 8.99. The fourth-order valence-electron chi connectivity index (χ4n) is 1.79. The Hall–Kier alpha value is -0.910. The molecule has 0 amide bonds. The van der Waals surface area contributed by atoms with Crippen molar-refractivity contribution in [3.05, 3.63) is 56.5 Å². The molecule has 0 heterocycles. The zero-order valence-electron chi connectivity index (χ0n) is 10.2. The molecule has 0 radical (unpaired) electrons. The van der Waals surface area contributed by atoms with E-state index >= 15 is 0 Å². The molecule has 19 heavy (non-hydrogen) atoms. The van der Waals surface area contributed by atoms with E-state index in [-0.39, 0.29) is 0 Å². The third-order valence-electron chi connectivity index (χ3n) is 2.72. The zero-order valence-corrected chi connectivity index (χ0v) is 14.2. The molecule has 2 aromatic rings. The van der Waals surface area contributed by atoms with Gasteiger partial charge in [-0.05, 0) is 58.7 Å². The first-order valence-electron chi connectivity index (χ1n) is 5.60. The first-order valence-corrected chi connectivity index (χ1v) is 7.60. The number of nitrogens with two attached hydrogens (primary N) is 1. The van der Waals surface area contributed by atoms with Gasteiger partial charge in [0.15, 0.2) is 0 Å². The van der Waals surface area contributed by atoms with E-state index in [4.69, 9.17) is 18.0 Å². The van der Waals surface area contributed by atoms with Gasteiger partial charge in [0.05, 0.1) is 0 Å². The maximum atomic E-state index is 5.79. The van der Waals surface area contributed by atoms with Crippen LogP contribution in [0.4, 0.5) is 11.4 Å². The molecule has 0 aliphatic rings. The summed E-state index contributed by atoms with van der Waals surface area (Å²) in [7, 11) is 0. The summed E-state index contributed by atoms with van der Waals surface area (Å²) in [6.45, 7) is 2.05. The van der Waals surface area contributed by atoms with Crippen LogP contribution in [0.5, 0.6) is 0 Å². The highest BCUT2D eigenvalue weighted by Crippen LogP contribution is 2.29.